The second-order valence-electron chi connectivity index (χ2n) is 10.3. The Kier molecular flexibility index (Phi) is 5.76. The van der Waals surface area contributed by atoms with E-state index in [-0.39, 0.29) is 0 Å². The molecule has 0 aliphatic carbocycles. The predicted molar refractivity (Wildman–Crippen MR) is 169 cm³/mol. The van der Waals surface area contributed by atoms with Crippen LogP contribution in [0.2, 0.25) is 0 Å². The molecule has 0 saturated carbocycles. The number of aryl methyl sites for hydroxylation is 1. The first-order valence-electron chi connectivity index (χ1n) is 13.5. The van der Waals surface area contributed by atoms with Gasteiger partial charge in [0.2, 0.25) is 0 Å². The van der Waals surface area contributed by atoms with Gasteiger partial charge in [-0.15, -0.1) is 0 Å². The fourth-order valence-corrected chi connectivity index (χ4v) is 11.2. The fraction of sp³-hybridized carbons (Fsp3) is 0.0270. The second-order valence-corrected chi connectivity index (χ2v) is 14.1. The lowest BCUT2D eigenvalue weighted by Crippen LogP contribution is -2.74. The van der Waals surface area contributed by atoms with Crippen LogP contribution < -0.4 is 20.7 Å². The smallest absolute Gasteiger partial charge is 0.179 e. The van der Waals surface area contributed by atoms with E-state index >= 15 is 0 Å². The standard InChI is InChI=1S/C37H29NSi/c1-28-14-13-21-32(26-28)39(30-17-7-3-8-18-30,31-19-9-4-10-20-31)33-24-25-37-35(27-33)34-22-11-12-23-36(34)38(37)29-15-5-2-6-16-29/h2-27H,1H3. The van der Waals surface area contributed by atoms with Crippen molar-refractivity contribution in [1.29, 1.82) is 0 Å². The first-order chi connectivity index (χ1) is 19.3. The molecule has 0 aliphatic rings. The lowest BCUT2D eigenvalue weighted by atomic mass is 10.1. The summed E-state index contributed by atoms with van der Waals surface area (Å²) in [5, 5.41) is 8.18. The van der Waals surface area contributed by atoms with E-state index in [1.807, 2.05) is 0 Å². The van der Waals surface area contributed by atoms with Crippen LogP contribution >= 0.6 is 0 Å². The van der Waals surface area contributed by atoms with Gasteiger partial charge in [0.05, 0.1) is 11.0 Å². The van der Waals surface area contributed by atoms with Gasteiger partial charge >= 0.3 is 0 Å². The molecule has 0 radical (unpaired) electrons. The average Bonchev–Trinajstić information content (AvgIpc) is 3.33. The first kappa shape index (κ1) is 23.5. The van der Waals surface area contributed by atoms with E-state index in [4.69, 9.17) is 0 Å². The van der Waals surface area contributed by atoms with Crippen LogP contribution in [0.5, 0.6) is 0 Å². The van der Waals surface area contributed by atoms with Crippen molar-refractivity contribution in [1.82, 2.24) is 4.57 Å². The lowest BCUT2D eigenvalue weighted by molar-refractivity contribution is 1.18. The van der Waals surface area contributed by atoms with Gasteiger partial charge in [-0.1, -0.05) is 139 Å². The van der Waals surface area contributed by atoms with E-state index in [0.717, 1.165) is 0 Å². The molecule has 39 heavy (non-hydrogen) atoms. The summed E-state index contributed by atoms with van der Waals surface area (Å²) in [5.41, 5.74) is 4.94. The van der Waals surface area contributed by atoms with Gasteiger partial charge in [0, 0.05) is 16.5 Å². The molecule has 7 aromatic rings. The van der Waals surface area contributed by atoms with E-state index in [1.54, 1.807) is 0 Å². The van der Waals surface area contributed by atoms with Crippen LogP contribution in [0.25, 0.3) is 27.5 Å². The van der Waals surface area contributed by atoms with Crippen LogP contribution in [-0.4, -0.2) is 12.6 Å². The molecule has 0 spiro atoms. The number of benzene rings is 6. The molecule has 0 atom stereocenters. The summed E-state index contributed by atoms with van der Waals surface area (Å²) in [6.45, 7) is 2.20. The Balaban J connectivity index is 1.61. The van der Waals surface area contributed by atoms with Crippen LogP contribution in [0.4, 0.5) is 0 Å². The third-order valence-corrected chi connectivity index (χ3v) is 12.7. The quantitative estimate of drug-likeness (QED) is 0.183. The largest absolute Gasteiger partial charge is 0.309 e. The number of fused-ring (bicyclic) bond motifs is 3. The summed E-state index contributed by atoms with van der Waals surface area (Å²) < 4.78 is 2.40. The highest BCUT2D eigenvalue weighted by molar-refractivity contribution is 7.20. The topological polar surface area (TPSA) is 4.93 Å². The molecule has 6 aromatic carbocycles. The zero-order valence-corrected chi connectivity index (χ0v) is 23.0. The Labute approximate surface area is 230 Å². The summed E-state index contributed by atoms with van der Waals surface area (Å²) in [5.74, 6) is 0. The van der Waals surface area contributed by atoms with Crippen molar-refractivity contribution >= 4 is 50.6 Å². The third-order valence-electron chi connectivity index (χ3n) is 7.98. The number of hydrogen-bond donors (Lipinski definition) is 0. The SMILES string of the molecule is Cc1cccc([Si](c2ccccc2)(c2ccccc2)c2ccc3c(c2)c2ccccc2n3-c2ccccc2)c1. The molecule has 0 saturated heterocycles. The summed E-state index contributed by atoms with van der Waals surface area (Å²) >= 11 is 0. The summed E-state index contributed by atoms with van der Waals surface area (Å²) in [6, 6.07) is 58.3. The van der Waals surface area contributed by atoms with Crippen molar-refractivity contribution < 1.29 is 0 Å². The molecule has 0 N–H and O–H groups in total. The monoisotopic (exact) mass is 515 g/mol. The van der Waals surface area contributed by atoms with Gasteiger partial charge in [-0.2, -0.15) is 0 Å². The summed E-state index contributed by atoms with van der Waals surface area (Å²) in [7, 11) is -2.62. The maximum Gasteiger partial charge on any atom is 0.179 e. The number of hydrogen-bond acceptors (Lipinski definition) is 0. The number of para-hydroxylation sites is 2. The number of aromatic nitrogens is 1. The minimum atomic E-state index is -2.62. The highest BCUT2D eigenvalue weighted by atomic mass is 28.3. The molecular weight excluding hydrogens is 487 g/mol. The molecule has 0 fully saturated rings. The van der Waals surface area contributed by atoms with Gasteiger partial charge in [0.25, 0.3) is 0 Å². The Hall–Kier alpha value is -4.66. The van der Waals surface area contributed by atoms with E-state index in [0.29, 0.717) is 0 Å². The molecule has 0 aliphatic heterocycles. The maximum absolute atomic E-state index is 2.62. The van der Waals surface area contributed by atoms with Gasteiger partial charge in [-0.05, 0) is 51.9 Å². The van der Waals surface area contributed by atoms with Crippen LogP contribution in [0.1, 0.15) is 5.56 Å². The van der Waals surface area contributed by atoms with Gasteiger partial charge in [0.1, 0.15) is 0 Å². The average molecular weight is 516 g/mol. The third kappa shape index (κ3) is 3.76. The van der Waals surface area contributed by atoms with Crippen molar-refractivity contribution in [2.45, 2.75) is 6.92 Å². The molecule has 1 heterocycles. The maximum atomic E-state index is 2.49. The highest BCUT2D eigenvalue weighted by Gasteiger charge is 2.41. The second kappa shape index (κ2) is 9.58. The molecule has 186 valence electrons. The lowest BCUT2D eigenvalue weighted by Gasteiger charge is -2.34. The minimum absolute atomic E-state index is 1.18. The van der Waals surface area contributed by atoms with E-state index < -0.39 is 8.07 Å². The Morgan fingerprint density at radius 3 is 1.62 bits per heavy atom. The van der Waals surface area contributed by atoms with Crippen LogP contribution in [0.3, 0.4) is 0 Å². The zero-order valence-electron chi connectivity index (χ0n) is 22.0. The molecule has 2 heteroatoms. The van der Waals surface area contributed by atoms with Crippen LogP contribution in [0, 0.1) is 6.92 Å². The van der Waals surface area contributed by atoms with Crippen molar-refractivity contribution in [3.63, 3.8) is 0 Å². The highest BCUT2D eigenvalue weighted by Crippen LogP contribution is 2.31. The molecule has 1 nitrogen and oxygen atoms in total. The Morgan fingerprint density at radius 2 is 0.949 bits per heavy atom. The van der Waals surface area contributed by atoms with Crippen molar-refractivity contribution in [3.05, 3.63) is 163 Å². The molecule has 0 bridgehead atoms. The minimum Gasteiger partial charge on any atom is -0.309 e. The Morgan fingerprint density at radius 1 is 0.410 bits per heavy atom. The van der Waals surface area contributed by atoms with E-state index in [9.17, 15) is 0 Å². The zero-order chi connectivity index (χ0) is 26.2. The fourth-order valence-electron chi connectivity index (χ4n) is 6.32. The van der Waals surface area contributed by atoms with Crippen LogP contribution in [0.15, 0.2) is 158 Å². The van der Waals surface area contributed by atoms with Gasteiger partial charge in [0.15, 0.2) is 8.07 Å². The normalized spacial score (nSPS) is 11.7. The molecule has 1 aromatic heterocycles. The molecular formula is C37H29NSi. The molecule has 0 unspecified atom stereocenters. The molecule has 0 amide bonds. The van der Waals surface area contributed by atoms with E-state index in [2.05, 4.69) is 169 Å². The van der Waals surface area contributed by atoms with Crippen molar-refractivity contribution in [3.8, 4) is 5.69 Å². The number of nitrogens with zero attached hydrogens (tertiary/aromatic N) is 1. The first-order valence-corrected chi connectivity index (χ1v) is 15.5. The predicted octanol–water partition coefficient (Wildman–Crippen LogP) is 6.47. The number of rotatable bonds is 5. The van der Waals surface area contributed by atoms with Crippen molar-refractivity contribution in [2.75, 3.05) is 0 Å². The van der Waals surface area contributed by atoms with Gasteiger partial charge < -0.3 is 4.57 Å². The van der Waals surface area contributed by atoms with E-state index in [1.165, 1.54) is 53.8 Å². The van der Waals surface area contributed by atoms with Crippen LogP contribution in [-0.2, 0) is 0 Å². The van der Waals surface area contributed by atoms with Gasteiger partial charge in [-0.3, -0.25) is 0 Å². The Bertz CT molecular complexity index is 1860. The molecule has 7 rings (SSSR count). The van der Waals surface area contributed by atoms with Crippen molar-refractivity contribution in [2.24, 2.45) is 0 Å². The summed E-state index contributed by atoms with van der Waals surface area (Å²) in [6.07, 6.45) is 0. The summed E-state index contributed by atoms with van der Waals surface area (Å²) in [4.78, 5) is 0. The van der Waals surface area contributed by atoms with Gasteiger partial charge in [-0.25, -0.2) is 0 Å².